The van der Waals surface area contributed by atoms with Crippen molar-refractivity contribution in [3.8, 4) is 44.9 Å². The maximum absolute atomic E-state index is 4.93. The van der Waals surface area contributed by atoms with Gasteiger partial charge in [0.2, 0.25) is 0 Å². The quantitative estimate of drug-likeness (QED) is 0.208. The first kappa shape index (κ1) is 25.7. The van der Waals surface area contributed by atoms with Gasteiger partial charge in [0.25, 0.3) is 0 Å². The molecule has 202 valence electrons. The van der Waals surface area contributed by atoms with Crippen LogP contribution in [0.25, 0.3) is 66.4 Å². The Hall–Kier alpha value is -5.22. The topological polar surface area (TPSA) is 51.6 Å². The summed E-state index contributed by atoms with van der Waals surface area (Å²) in [5.41, 5.74) is 13.0. The third-order valence-corrected chi connectivity index (χ3v) is 8.11. The molecule has 7 rings (SSSR count). The number of nitrogens with zero attached hydrogens (tertiary/aromatic N) is 4. The Bertz CT molecular complexity index is 2090. The fourth-order valence-corrected chi connectivity index (χ4v) is 6.08. The summed E-state index contributed by atoms with van der Waals surface area (Å²) in [7, 11) is 0. The molecule has 0 fully saturated rings. The summed E-state index contributed by atoms with van der Waals surface area (Å²) in [5, 5.41) is 4.80. The fraction of sp³-hybridized carbons (Fsp3) is 0.105. The second-order valence-electron chi connectivity index (χ2n) is 11.0. The van der Waals surface area contributed by atoms with Crippen molar-refractivity contribution in [2.24, 2.45) is 0 Å². The first-order valence-electron chi connectivity index (χ1n) is 14.2. The van der Waals surface area contributed by atoms with Gasteiger partial charge in [-0.25, -0.2) is 0 Å². The number of benzene rings is 3. The molecule has 7 aromatic rings. The third kappa shape index (κ3) is 4.33. The van der Waals surface area contributed by atoms with Crippen LogP contribution >= 0.6 is 0 Å². The monoisotopic (exact) mass is 542 g/mol. The van der Waals surface area contributed by atoms with E-state index in [4.69, 9.17) is 9.97 Å². The number of aromatic nitrogens is 4. The van der Waals surface area contributed by atoms with Gasteiger partial charge in [0.15, 0.2) is 0 Å². The lowest BCUT2D eigenvalue weighted by atomic mass is 9.84. The zero-order valence-electron chi connectivity index (χ0n) is 24.2. The highest BCUT2D eigenvalue weighted by atomic mass is 14.8. The molecule has 0 saturated heterocycles. The van der Waals surface area contributed by atoms with Crippen molar-refractivity contribution in [1.82, 2.24) is 19.9 Å². The Morgan fingerprint density at radius 1 is 0.476 bits per heavy atom. The van der Waals surface area contributed by atoms with Gasteiger partial charge in [-0.2, -0.15) is 0 Å². The maximum atomic E-state index is 4.93. The molecule has 0 radical (unpaired) electrons. The smallest absolute Gasteiger partial charge is 0.0915 e. The van der Waals surface area contributed by atoms with E-state index in [0.29, 0.717) is 0 Å². The van der Waals surface area contributed by atoms with Crippen molar-refractivity contribution >= 4 is 21.5 Å². The Morgan fingerprint density at radius 2 is 1.02 bits per heavy atom. The zero-order chi connectivity index (χ0) is 28.8. The highest BCUT2D eigenvalue weighted by Gasteiger charge is 2.20. The van der Waals surface area contributed by atoms with Crippen molar-refractivity contribution in [2.45, 2.75) is 27.7 Å². The number of aryl methyl sites for hydroxylation is 4. The molecule has 0 spiro atoms. The van der Waals surface area contributed by atoms with Crippen LogP contribution in [-0.4, -0.2) is 19.9 Å². The maximum Gasteiger partial charge on any atom is 0.0915 e. The summed E-state index contributed by atoms with van der Waals surface area (Å²) in [6, 6.07) is 27.9. The number of rotatable bonds is 4. The van der Waals surface area contributed by atoms with Crippen LogP contribution in [0.4, 0.5) is 0 Å². The van der Waals surface area contributed by atoms with Crippen LogP contribution < -0.4 is 0 Å². The largest absolute Gasteiger partial charge is 0.264 e. The molecule has 0 unspecified atom stereocenters. The summed E-state index contributed by atoms with van der Waals surface area (Å²) in [6.45, 7) is 8.48. The summed E-state index contributed by atoms with van der Waals surface area (Å²) in [5.74, 6) is 0. The van der Waals surface area contributed by atoms with Gasteiger partial charge in [-0.05, 0) is 107 Å². The SMILES string of the molecule is Cc1cncc(-c2cc(C)c(-c3c4ccccc4c(-c4cnc(-c5ncccc5C)cc4C)c4ccccc34)cn2)c1. The molecular formula is C38H30N4. The summed E-state index contributed by atoms with van der Waals surface area (Å²) >= 11 is 0. The Morgan fingerprint density at radius 3 is 1.55 bits per heavy atom. The lowest BCUT2D eigenvalue weighted by Gasteiger charge is -2.20. The van der Waals surface area contributed by atoms with E-state index in [-0.39, 0.29) is 0 Å². The van der Waals surface area contributed by atoms with Gasteiger partial charge >= 0.3 is 0 Å². The Kier molecular flexibility index (Phi) is 6.32. The van der Waals surface area contributed by atoms with Gasteiger partial charge in [0.05, 0.1) is 17.1 Å². The first-order chi connectivity index (χ1) is 20.5. The molecule has 42 heavy (non-hydrogen) atoms. The molecule has 0 N–H and O–H groups in total. The second-order valence-corrected chi connectivity index (χ2v) is 11.0. The van der Waals surface area contributed by atoms with Crippen molar-refractivity contribution in [2.75, 3.05) is 0 Å². The van der Waals surface area contributed by atoms with Crippen LogP contribution in [0.15, 0.2) is 110 Å². The second kappa shape index (κ2) is 10.3. The molecule has 0 atom stereocenters. The van der Waals surface area contributed by atoms with Crippen LogP contribution in [0.3, 0.4) is 0 Å². The minimum atomic E-state index is 0.894. The van der Waals surface area contributed by atoms with Crippen molar-refractivity contribution in [3.05, 3.63) is 132 Å². The summed E-state index contributed by atoms with van der Waals surface area (Å²) < 4.78 is 0. The van der Waals surface area contributed by atoms with Gasteiger partial charge in [-0.1, -0.05) is 54.6 Å². The van der Waals surface area contributed by atoms with E-state index in [1.54, 1.807) is 0 Å². The molecule has 0 aliphatic carbocycles. The Balaban J connectivity index is 1.46. The van der Waals surface area contributed by atoms with Crippen molar-refractivity contribution in [3.63, 3.8) is 0 Å². The molecule has 0 aliphatic heterocycles. The zero-order valence-corrected chi connectivity index (χ0v) is 24.2. The highest BCUT2D eigenvalue weighted by molar-refractivity contribution is 6.21. The van der Waals surface area contributed by atoms with E-state index in [9.17, 15) is 0 Å². The van der Waals surface area contributed by atoms with Gasteiger partial charge < -0.3 is 0 Å². The highest BCUT2D eigenvalue weighted by Crippen LogP contribution is 2.45. The minimum Gasteiger partial charge on any atom is -0.264 e. The lowest BCUT2D eigenvalue weighted by molar-refractivity contribution is 1.20. The molecule has 0 aliphatic rings. The number of hydrogen-bond acceptors (Lipinski definition) is 4. The molecular weight excluding hydrogens is 512 g/mol. The molecule has 4 heteroatoms. The van der Waals surface area contributed by atoms with Crippen molar-refractivity contribution < 1.29 is 0 Å². The molecule has 0 bridgehead atoms. The van der Waals surface area contributed by atoms with E-state index in [1.165, 1.54) is 43.8 Å². The standard InChI is InChI=1S/C38H30N4/c1-23-16-27(20-39-19-23)34-17-25(3)32(21-41-34)36-28-11-5-7-13-30(28)37(31-14-8-6-12-29(31)36)33-22-42-35(18-26(33)4)38-24(2)10-9-15-40-38/h5-22H,1-4H3. The average molecular weight is 543 g/mol. The van der Waals surface area contributed by atoms with E-state index in [1.807, 2.05) is 37.1 Å². The molecule has 4 nitrogen and oxygen atoms in total. The lowest BCUT2D eigenvalue weighted by Crippen LogP contribution is -1.97. The van der Waals surface area contributed by atoms with Gasteiger partial charge in [-0.3, -0.25) is 19.9 Å². The molecule has 4 aromatic heterocycles. The third-order valence-electron chi connectivity index (χ3n) is 8.11. The van der Waals surface area contributed by atoms with Crippen LogP contribution in [0.2, 0.25) is 0 Å². The van der Waals surface area contributed by atoms with E-state index < -0.39 is 0 Å². The molecule has 3 aromatic carbocycles. The molecule has 4 heterocycles. The normalized spacial score (nSPS) is 11.3. The molecule has 0 amide bonds. The molecule has 0 saturated carbocycles. The summed E-state index contributed by atoms with van der Waals surface area (Å²) in [6.07, 6.45) is 9.62. The number of pyridine rings is 4. The van der Waals surface area contributed by atoms with Gasteiger partial charge in [0, 0.05) is 47.7 Å². The van der Waals surface area contributed by atoms with E-state index in [0.717, 1.165) is 44.9 Å². The fourth-order valence-electron chi connectivity index (χ4n) is 6.08. The van der Waals surface area contributed by atoms with Crippen molar-refractivity contribution in [1.29, 1.82) is 0 Å². The predicted molar refractivity (Wildman–Crippen MR) is 173 cm³/mol. The van der Waals surface area contributed by atoms with Crippen LogP contribution in [-0.2, 0) is 0 Å². The van der Waals surface area contributed by atoms with Crippen LogP contribution in [0.1, 0.15) is 22.3 Å². The van der Waals surface area contributed by atoms with E-state index >= 15 is 0 Å². The summed E-state index contributed by atoms with van der Waals surface area (Å²) in [4.78, 5) is 18.8. The Labute approximate surface area is 245 Å². The van der Waals surface area contributed by atoms with Crippen LogP contribution in [0.5, 0.6) is 0 Å². The predicted octanol–water partition coefficient (Wildman–Crippen LogP) is 9.47. The minimum absolute atomic E-state index is 0.894. The first-order valence-corrected chi connectivity index (χ1v) is 14.2. The average Bonchev–Trinajstić information content (AvgIpc) is 3.01. The van der Waals surface area contributed by atoms with E-state index in [2.05, 4.69) is 110 Å². The van der Waals surface area contributed by atoms with Gasteiger partial charge in [-0.15, -0.1) is 0 Å². The van der Waals surface area contributed by atoms with Crippen LogP contribution in [0, 0.1) is 27.7 Å². The number of hydrogen-bond donors (Lipinski definition) is 0. The van der Waals surface area contributed by atoms with Gasteiger partial charge in [0.1, 0.15) is 0 Å². The number of fused-ring (bicyclic) bond motifs is 2.